The molecule has 0 aliphatic rings. The Bertz CT molecular complexity index is 876. The Morgan fingerprint density at radius 1 is 1.20 bits per heavy atom. The Morgan fingerprint density at radius 3 is 2.88 bits per heavy atom. The summed E-state index contributed by atoms with van der Waals surface area (Å²) in [7, 11) is 0. The number of benzene rings is 2. The summed E-state index contributed by atoms with van der Waals surface area (Å²) in [6.45, 7) is 5.50. The number of hydrogen-bond donors (Lipinski definition) is 1. The van der Waals surface area contributed by atoms with E-state index in [-0.39, 0.29) is 5.91 Å². The van der Waals surface area contributed by atoms with Crippen LogP contribution in [0.25, 0.3) is 10.2 Å². The molecule has 0 radical (unpaired) electrons. The van der Waals surface area contributed by atoms with Gasteiger partial charge < -0.3 is 9.47 Å². The summed E-state index contributed by atoms with van der Waals surface area (Å²) in [5.74, 6) is 0.305. The van der Waals surface area contributed by atoms with Gasteiger partial charge in [-0.1, -0.05) is 29.5 Å². The normalized spacial score (nSPS) is 10.8. The molecule has 0 bridgehead atoms. The number of fused-ring (bicyclic) bond motifs is 1. The molecule has 0 fully saturated rings. The van der Waals surface area contributed by atoms with Gasteiger partial charge in [-0.05, 0) is 43.7 Å². The number of hydrogen-bond acceptors (Lipinski definition) is 5. The molecule has 3 rings (SSSR count). The predicted octanol–water partition coefficient (Wildman–Crippen LogP) is 4.27. The van der Waals surface area contributed by atoms with Crippen LogP contribution in [0.15, 0.2) is 42.5 Å². The van der Waals surface area contributed by atoms with Crippen LogP contribution in [0.4, 0.5) is 5.13 Å². The van der Waals surface area contributed by atoms with E-state index in [1.807, 2.05) is 38.1 Å². The second-order valence-corrected chi connectivity index (χ2v) is 6.52. The fourth-order valence-corrected chi connectivity index (χ4v) is 3.34. The zero-order valence-electron chi connectivity index (χ0n) is 14.2. The number of para-hydroxylation sites is 1. The molecule has 0 saturated carbocycles. The van der Waals surface area contributed by atoms with Crippen LogP contribution in [0.5, 0.6) is 5.75 Å². The lowest BCUT2D eigenvalue weighted by Gasteiger charge is -2.10. The Labute approximate surface area is 150 Å². The predicted molar refractivity (Wildman–Crippen MR) is 101 cm³/mol. The Balaban J connectivity index is 1.73. The SMILES string of the molecule is CCOCCOc1ccccc1C(=O)Nc1nc2ccc(C)cc2s1. The first kappa shape index (κ1) is 17.4. The van der Waals surface area contributed by atoms with Crippen LogP contribution >= 0.6 is 11.3 Å². The number of ether oxygens (including phenoxy) is 2. The third-order valence-corrected chi connectivity index (χ3v) is 4.52. The third-order valence-electron chi connectivity index (χ3n) is 3.59. The van der Waals surface area contributed by atoms with Crippen molar-refractivity contribution in [2.75, 3.05) is 25.1 Å². The van der Waals surface area contributed by atoms with Crippen LogP contribution < -0.4 is 10.1 Å². The van der Waals surface area contributed by atoms with Gasteiger partial charge in [-0.3, -0.25) is 10.1 Å². The van der Waals surface area contributed by atoms with E-state index in [9.17, 15) is 4.79 Å². The highest BCUT2D eigenvalue weighted by Gasteiger charge is 2.14. The molecule has 2 aromatic carbocycles. The summed E-state index contributed by atoms with van der Waals surface area (Å²) in [6, 6.07) is 13.2. The number of aromatic nitrogens is 1. The highest BCUT2D eigenvalue weighted by atomic mass is 32.1. The van der Waals surface area contributed by atoms with Crippen LogP contribution in [0.1, 0.15) is 22.8 Å². The molecule has 1 heterocycles. The van der Waals surface area contributed by atoms with Crippen molar-refractivity contribution < 1.29 is 14.3 Å². The fraction of sp³-hybridized carbons (Fsp3) is 0.263. The average Bonchev–Trinajstić information content (AvgIpc) is 3.00. The quantitative estimate of drug-likeness (QED) is 0.642. The maximum Gasteiger partial charge on any atom is 0.261 e. The highest BCUT2D eigenvalue weighted by molar-refractivity contribution is 7.22. The Hall–Kier alpha value is -2.44. The van der Waals surface area contributed by atoms with E-state index >= 15 is 0 Å². The van der Waals surface area contributed by atoms with E-state index in [2.05, 4.69) is 16.4 Å². The lowest BCUT2D eigenvalue weighted by Crippen LogP contribution is -2.15. The minimum Gasteiger partial charge on any atom is -0.490 e. The molecule has 0 spiro atoms. The maximum absolute atomic E-state index is 12.6. The van der Waals surface area contributed by atoms with E-state index in [0.29, 0.717) is 36.3 Å². The lowest BCUT2D eigenvalue weighted by molar-refractivity contribution is 0.0998. The van der Waals surface area contributed by atoms with E-state index in [1.165, 1.54) is 16.9 Å². The van der Waals surface area contributed by atoms with Gasteiger partial charge in [0, 0.05) is 6.61 Å². The number of carbonyl (C=O) groups is 1. The fourth-order valence-electron chi connectivity index (χ4n) is 2.38. The second-order valence-electron chi connectivity index (χ2n) is 5.49. The number of thiazole rings is 1. The summed E-state index contributed by atoms with van der Waals surface area (Å²) >= 11 is 1.46. The summed E-state index contributed by atoms with van der Waals surface area (Å²) in [5, 5.41) is 3.44. The Morgan fingerprint density at radius 2 is 2.04 bits per heavy atom. The number of aryl methyl sites for hydroxylation is 1. The molecule has 0 unspecified atom stereocenters. The molecule has 3 aromatic rings. The van der Waals surface area contributed by atoms with Gasteiger partial charge in [-0.2, -0.15) is 0 Å². The average molecular weight is 356 g/mol. The van der Waals surface area contributed by atoms with Crippen molar-refractivity contribution in [2.24, 2.45) is 0 Å². The number of nitrogens with zero attached hydrogens (tertiary/aromatic N) is 1. The zero-order chi connectivity index (χ0) is 17.6. The molecule has 0 saturated heterocycles. The molecule has 130 valence electrons. The molecule has 25 heavy (non-hydrogen) atoms. The monoisotopic (exact) mass is 356 g/mol. The van der Waals surface area contributed by atoms with E-state index < -0.39 is 0 Å². The van der Waals surface area contributed by atoms with Gasteiger partial charge in [-0.15, -0.1) is 0 Å². The summed E-state index contributed by atoms with van der Waals surface area (Å²) in [4.78, 5) is 17.1. The van der Waals surface area contributed by atoms with Gasteiger partial charge >= 0.3 is 0 Å². The van der Waals surface area contributed by atoms with Gasteiger partial charge in [0.1, 0.15) is 12.4 Å². The number of nitrogens with one attached hydrogen (secondary N) is 1. The molecule has 1 aromatic heterocycles. The van der Waals surface area contributed by atoms with Crippen molar-refractivity contribution in [1.82, 2.24) is 4.98 Å². The van der Waals surface area contributed by atoms with E-state index in [4.69, 9.17) is 9.47 Å². The van der Waals surface area contributed by atoms with Crippen molar-refractivity contribution in [1.29, 1.82) is 0 Å². The molecule has 0 aliphatic carbocycles. The van der Waals surface area contributed by atoms with Crippen LogP contribution in [-0.2, 0) is 4.74 Å². The number of anilines is 1. The number of rotatable bonds is 7. The minimum absolute atomic E-state index is 0.234. The Kier molecular flexibility index (Phi) is 5.63. The molecule has 6 heteroatoms. The van der Waals surface area contributed by atoms with E-state index in [1.54, 1.807) is 12.1 Å². The number of carbonyl (C=O) groups excluding carboxylic acids is 1. The standard InChI is InChI=1S/C19H20N2O3S/c1-3-23-10-11-24-16-7-5-4-6-14(16)18(22)21-19-20-15-9-8-13(2)12-17(15)25-19/h4-9,12H,3,10-11H2,1-2H3,(H,20,21,22). The smallest absolute Gasteiger partial charge is 0.261 e. The van der Waals surface area contributed by atoms with Gasteiger partial charge in [0.05, 0.1) is 22.4 Å². The van der Waals surface area contributed by atoms with Gasteiger partial charge in [0.25, 0.3) is 5.91 Å². The maximum atomic E-state index is 12.6. The molecule has 1 amide bonds. The second kappa shape index (κ2) is 8.09. The van der Waals surface area contributed by atoms with Crippen molar-refractivity contribution in [3.05, 3.63) is 53.6 Å². The summed E-state index contributed by atoms with van der Waals surface area (Å²) in [6.07, 6.45) is 0. The first-order valence-electron chi connectivity index (χ1n) is 8.15. The first-order valence-corrected chi connectivity index (χ1v) is 8.97. The molecule has 5 nitrogen and oxygen atoms in total. The molecular weight excluding hydrogens is 336 g/mol. The molecule has 0 atom stereocenters. The molecular formula is C19H20N2O3S. The van der Waals surface area contributed by atoms with E-state index in [0.717, 1.165) is 10.2 Å². The van der Waals surface area contributed by atoms with Crippen LogP contribution in [-0.4, -0.2) is 30.7 Å². The van der Waals surface area contributed by atoms with Gasteiger partial charge in [0.2, 0.25) is 0 Å². The topological polar surface area (TPSA) is 60.5 Å². The van der Waals surface area contributed by atoms with Crippen molar-refractivity contribution >= 4 is 32.6 Å². The zero-order valence-corrected chi connectivity index (χ0v) is 15.1. The van der Waals surface area contributed by atoms with Crippen molar-refractivity contribution in [3.8, 4) is 5.75 Å². The van der Waals surface area contributed by atoms with Crippen molar-refractivity contribution in [2.45, 2.75) is 13.8 Å². The van der Waals surface area contributed by atoms with Gasteiger partial charge in [-0.25, -0.2) is 4.98 Å². The van der Waals surface area contributed by atoms with Crippen LogP contribution in [0.2, 0.25) is 0 Å². The number of amides is 1. The minimum atomic E-state index is -0.234. The largest absolute Gasteiger partial charge is 0.490 e. The third kappa shape index (κ3) is 4.35. The molecule has 0 aliphatic heterocycles. The van der Waals surface area contributed by atoms with Gasteiger partial charge in [0.15, 0.2) is 5.13 Å². The van der Waals surface area contributed by atoms with Crippen LogP contribution in [0, 0.1) is 6.92 Å². The summed E-state index contributed by atoms with van der Waals surface area (Å²) in [5.41, 5.74) is 2.53. The first-order chi connectivity index (χ1) is 12.2. The molecule has 1 N–H and O–H groups in total. The summed E-state index contributed by atoms with van der Waals surface area (Å²) < 4.78 is 12.0. The lowest BCUT2D eigenvalue weighted by atomic mass is 10.2. The van der Waals surface area contributed by atoms with Crippen LogP contribution in [0.3, 0.4) is 0 Å². The van der Waals surface area contributed by atoms with Crippen molar-refractivity contribution in [3.63, 3.8) is 0 Å². The highest BCUT2D eigenvalue weighted by Crippen LogP contribution is 2.28.